The topological polar surface area (TPSA) is 95.3 Å². The molecule has 162 valence electrons. The van der Waals surface area contributed by atoms with Crippen molar-refractivity contribution >= 4 is 40.0 Å². The molecule has 0 spiro atoms. The van der Waals surface area contributed by atoms with Crippen LogP contribution in [0, 0.1) is 6.92 Å². The van der Waals surface area contributed by atoms with Crippen LogP contribution in [0.5, 0.6) is 5.75 Å². The van der Waals surface area contributed by atoms with Gasteiger partial charge in [0.05, 0.1) is 18.4 Å². The van der Waals surface area contributed by atoms with Gasteiger partial charge in [0.2, 0.25) is 5.91 Å². The fourth-order valence-corrected chi connectivity index (χ4v) is 4.23. The molecule has 3 aromatic rings. The molecule has 1 N–H and O–H groups in total. The molecule has 8 nitrogen and oxygen atoms in total. The summed E-state index contributed by atoms with van der Waals surface area (Å²) in [5, 5.41) is 13.9. The van der Waals surface area contributed by atoms with Crippen molar-refractivity contribution in [2.24, 2.45) is 0 Å². The molecular weight excluding hydrogens is 436 g/mol. The Bertz CT molecular complexity index is 1080. The predicted octanol–water partition coefficient (Wildman–Crippen LogP) is 3.93. The highest BCUT2D eigenvalue weighted by Crippen LogP contribution is 2.25. The predicted molar refractivity (Wildman–Crippen MR) is 121 cm³/mol. The number of nitrogens with one attached hydrogen (secondary N) is 1. The van der Waals surface area contributed by atoms with Gasteiger partial charge in [0.15, 0.2) is 11.0 Å². The number of amides is 1. The van der Waals surface area contributed by atoms with Crippen LogP contribution in [-0.4, -0.2) is 39.5 Å². The summed E-state index contributed by atoms with van der Waals surface area (Å²) >= 11 is 2.50. The Kier molecular flexibility index (Phi) is 7.85. The summed E-state index contributed by atoms with van der Waals surface area (Å²) in [6, 6.07) is 9.37. The molecule has 0 unspecified atom stereocenters. The first-order valence-electron chi connectivity index (χ1n) is 9.32. The monoisotopic (exact) mass is 458 g/mol. The molecule has 0 aliphatic heterocycles. The summed E-state index contributed by atoms with van der Waals surface area (Å²) in [6.45, 7) is 6.51. The Morgan fingerprint density at radius 2 is 2.16 bits per heavy atom. The number of nitrogens with zero attached hydrogens (tertiary/aromatic N) is 3. The largest absolute Gasteiger partial charge is 0.486 e. The lowest BCUT2D eigenvalue weighted by molar-refractivity contribution is -0.113. The minimum atomic E-state index is -0.492. The Labute approximate surface area is 188 Å². The lowest BCUT2D eigenvalue weighted by atomic mass is 10.2. The first-order valence-corrected chi connectivity index (χ1v) is 11.2. The molecule has 0 saturated heterocycles. The number of carbonyl (C=O) groups excluding carboxylic acids is 2. The van der Waals surface area contributed by atoms with E-state index < -0.39 is 5.97 Å². The van der Waals surface area contributed by atoms with E-state index >= 15 is 0 Å². The third-order valence-corrected chi connectivity index (χ3v) is 5.92. The first kappa shape index (κ1) is 22.6. The van der Waals surface area contributed by atoms with E-state index in [1.807, 2.05) is 35.8 Å². The van der Waals surface area contributed by atoms with Gasteiger partial charge in [-0.1, -0.05) is 30.0 Å². The number of aromatic nitrogens is 3. The number of ether oxygens (including phenoxy) is 2. The fraction of sp³-hybridized carbons (Fsp3) is 0.238. The van der Waals surface area contributed by atoms with Gasteiger partial charge in [-0.05, 0) is 36.1 Å². The second kappa shape index (κ2) is 10.8. The molecule has 1 amide bonds. The number of methoxy groups -OCH3 is 1. The van der Waals surface area contributed by atoms with E-state index in [1.54, 1.807) is 17.5 Å². The number of rotatable bonds is 10. The normalized spacial score (nSPS) is 10.5. The van der Waals surface area contributed by atoms with Crippen LogP contribution >= 0.6 is 23.1 Å². The van der Waals surface area contributed by atoms with Gasteiger partial charge < -0.3 is 14.8 Å². The molecule has 0 aliphatic rings. The highest BCUT2D eigenvalue weighted by molar-refractivity contribution is 7.99. The van der Waals surface area contributed by atoms with Crippen LogP contribution in [-0.2, 0) is 22.7 Å². The zero-order chi connectivity index (χ0) is 22.2. The second-order valence-electron chi connectivity index (χ2n) is 6.40. The smallest absolute Gasteiger partial charge is 0.340 e. The number of thiophene rings is 1. The first-order chi connectivity index (χ1) is 15.0. The molecule has 10 heteroatoms. The van der Waals surface area contributed by atoms with Crippen LogP contribution in [0.4, 0.5) is 5.00 Å². The Morgan fingerprint density at radius 1 is 1.32 bits per heavy atom. The summed E-state index contributed by atoms with van der Waals surface area (Å²) < 4.78 is 12.4. The van der Waals surface area contributed by atoms with Crippen LogP contribution < -0.4 is 10.1 Å². The van der Waals surface area contributed by atoms with Crippen LogP contribution in [0.25, 0.3) is 0 Å². The van der Waals surface area contributed by atoms with Gasteiger partial charge in [-0.3, -0.25) is 9.36 Å². The van der Waals surface area contributed by atoms with Gasteiger partial charge in [-0.15, -0.1) is 28.1 Å². The minimum absolute atomic E-state index is 0.104. The fourth-order valence-electron chi connectivity index (χ4n) is 2.67. The molecule has 0 aliphatic carbocycles. The molecule has 2 aromatic heterocycles. The lowest BCUT2D eigenvalue weighted by Crippen LogP contribution is -2.16. The number of hydrogen-bond acceptors (Lipinski definition) is 8. The van der Waals surface area contributed by atoms with Crippen LogP contribution in [0.1, 0.15) is 21.7 Å². The van der Waals surface area contributed by atoms with Gasteiger partial charge in [-0.2, -0.15) is 0 Å². The highest BCUT2D eigenvalue weighted by atomic mass is 32.2. The number of hydrogen-bond donors (Lipinski definition) is 1. The molecule has 1 aromatic carbocycles. The molecule has 0 bridgehead atoms. The molecule has 0 saturated carbocycles. The van der Waals surface area contributed by atoms with E-state index in [1.165, 1.54) is 30.2 Å². The molecule has 2 heterocycles. The SMILES string of the molecule is C=CCn1c(COc2cccc(C)c2)nnc1SCC(=O)Nc1sccc1C(=O)OC. The Balaban J connectivity index is 1.62. The van der Waals surface area contributed by atoms with Crippen molar-refractivity contribution in [3.63, 3.8) is 0 Å². The van der Waals surface area contributed by atoms with E-state index in [4.69, 9.17) is 9.47 Å². The van der Waals surface area contributed by atoms with Gasteiger partial charge in [0.25, 0.3) is 0 Å². The van der Waals surface area contributed by atoms with Crippen LogP contribution in [0.15, 0.2) is 53.5 Å². The Morgan fingerprint density at radius 3 is 2.90 bits per heavy atom. The second-order valence-corrected chi connectivity index (χ2v) is 8.25. The molecule has 0 radical (unpaired) electrons. The number of anilines is 1. The average molecular weight is 459 g/mol. The number of esters is 1. The quantitative estimate of drug-likeness (QED) is 0.279. The summed E-state index contributed by atoms with van der Waals surface area (Å²) in [7, 11) is 1.30. The molecular formula is C21H22N4O4S2. The minimum Gasteiger partial charge on any atom is -0.486 e. The third kappa shape index (κ3) is 5.96. The maximum Gasteiger partial charge on any atom is 0.340 e. The number of allylic oxidation sites excluding steroid dienone is 1. The molecule has 31 heavy (non-hydrogen) atoms. The van der Waals surface area contributed by atoms with E-state index in [9.17, 15) is 9.59 Å². The summed E-state index contributed by atoms with van der Waals surface area (Å²) in [5.74, 6) is 0.734. The maximum atomic E-state index is 12.4. The van der Waals surface area contributed by atoms with E-state index in [0.717, 1.165) is 11.3 Å². The molecule has 0 atom stereocenters. The average Bonchev–Trinajstić information content (AvgIpc) is 3.37. The number of thioether (sulfide) groups is 1. The summed E-state index contributed by atoms with van der Waals surface area (Å²) in [5.41, 5.74) is 1.43. The number of benzene rings is 1. The lowest BCUT2D eigenvalue weighted by Gasteiger charge is -2.09. The van der Waals surface area contributed by atoms with Crippen molar-refractivity contribution in [3.05, 3.63) is 65.3 Å². The van der Waals surface area contributed by atoms with Crippen LogP contribution in [0.2, 0.25) is 0 Å². The van der Waals surface area contributed by atoms with Gasteiger partial charge in [0.1, 0.15) is 17.4 Å². The van der Waals surface area contributed by atoms with E-state index in [0.29, 0.717) is 28.1 Å². The zero-order valence-electron chi connectivity index (χ0n) is 17.2. The summed E-state index contributed by atoms with van der Waals surface area (Å²) in [4.78, 5) is 24.1. The van der Waals surface area contributed by atoms with Crippen molar-refractivity contribution in [1.29, 1.82) is 0 Å². The van der Waals surface area contributed by atoms with Crippen molar-refractivity contribution < 1.29 is 19.1 Å². The van der Waals surface area contributed by atoms with Crippen LogP contribution in [0.3, 0.4) is 0 Å². The number of aryl methyl sites for hydroxylation is 1. The van der Waals surface area contributed by atoms with Gasteiger partial charge >= 0.3 is 5.97 Å². The van der Waals surface area contributed by atoms with Gasteiger partial charge in [0, 0.05) is 6.54 Å². The standard InChI is InChI=1S/C21H22N4O4S2/c1-4-9-25-17(12-29-15-7-5-6-14(2)11-15)23-24-21(25)31-13-18(26)22-19-16(8-10-30-19)20(27)28-3/h4-8,10-11H,1,9,12-13H2,2-3H3,(H,22,26). The van der Waals surface area contributed by atoms with Crippen molar-refractivity contribution in [2.75, 3.05) is 18.2 Å². The summed E-state index contributed by atoms with van der Waals surface area (Å²) in [6.07, 6.45) is 1.73. The van der Waals surface area contributed by atoms with Crippen molar-refractivity contribution in [2.45, 2.75) is 25.2 Å². The maximum absolute atomic E-state index is 12.4. The molecule has 3 rings (SSSR count). The zero-order valence-corrected chi connectivity index (χ0v) is 18.8. The van der Waals surface area contributed by atoms with Gasteiger partial charge in [-0.25, -0.2) is 4.79 Å². The Hall–Kier alpha value is -3.11. The van der Waals surface area contributed by atoms with Crippen molar-refractivity contribution in [3.8, 4) is 5.75 Å². The van der Waals surface area contributed by atoms with E-state index in [-0.39, 0.29) is 18.3 Å². The third-order valence-electron chi connectivity index (χ3n) is 4.12. The number of carbonyl (C=O) groups is 2. The van der Waals surface area contributed by atoms with E-state index in [2.05, 4.69) is 22.1 Å². The van der Waals surface area contributed by atoms with Crippen molar-refractivity contribution in [1.82, 2.24) is 14.8 Å². The highest BCUT2D eigenvalue weighted by Gasteiger charge is 2.17. The molecule has 0 fully saturated rings.